The smallest absolute Gasteiger partial charge is 0.267 e. The highest BCUT2D eigenvalue weighted by atomic mass is 32.2. The van der Waals surface area contributed by atoms with E-state index in [0.29, 0.717) is 21.8 Å². The lowest BCUT2D eigenvalue weighted by Crippen LogP contribution is -2.24. The van der Waals surface area contributed by atoms with Crippen LogP contribution in [-0.4, -0.2) is 30.3 Å². The summed E-state index contributed by atoms with van der Waals surface area (Å²) in [7, 11) is 0. The third-order valence-corrected chi connectivity index (χ3v) is 5.80. The van der Waals surface area contributed by atoms with Crippen molar-refractivity contribution in [2.75, 3.05) is 0 Å². The molecule has 2 aromatic heterocycles. The molecule has 142 valence electrons. The highest BCUT2D eigenvalue weighted by Crippen LogP contribution is 2.27. The van der Waals surface area contributed by atoms with Crippen molar-refractivity contribution in [3.05, 3.63) is 63.9 Å². The van der Waals surface area contributed by atoms with Gasteiger partial charge in [-0.25, -0.2) is 4.57 Å². The van der Waals surface area contributed by atoms with Crippen LogP contribution in [0.25, 0.3) is 22.4 Å². The predicted molar refractivity (Wildman–Crippen MR) is 110 cm³/mol. The number of hydrogen-bond donors (Lipinski definition) is 1. The van der Waals surface area contributed by atoms with Crippen LogP contribution < -0.4 is 11.3 Å². The summed E-state index contributed by atoms with van der Waals surface area (Å²) in [6, 6.07) is 13.2. The monoisotopic (exact) mass is 393 g/mol. The minimum atomic E-state index is -0.480. The van der Waals surface area contributed by atoms with E-state index in [-0.39, 0.29) is 5.56 Å². The van der Waals surface area contributed by atoms with Gasteiger partial charge in [-0.3, -0.25) is 14.0 Å². The number of rotatable bonds is 4. The lowest BCUT2D eigenvalue weighted by molar-refractivity contribution is -0.117. The largest absolute Gasteiger partial charge is 0.369 e. The van der Waals surface area contributed by atoms with Gasteiger partial charge in [0.25, 0.3) is 5.56 Å². The Morgan fingerprint density at radius 2 is 1.75 bits per heavy atom. The molecule has 0 radical (unpaired) electrons. The average Bonchev–Trinajstić information content (AvgIpc) is 3.07. The molecule has 2 N–H and O–H groups in total. The number of aromatic nitrogens is 4. The van der Waals surface area contributed by atoms with E-state index < -0.39 is 11.2 Å². The Morgan fingerprint density at radius 3 is 2.43 bits per heavy atom. The van der Waals surface area contributed by atoms with Crippen molar-refractivity contribution in [1.82, 2.24) is 19.2 Å². The Bertz CT molecular complexity index is 1270. The van der Waals surface area contributed by atoms with Crippen molar-refractivity contribution >= 4 is 34.3 Å². The Kier molecular flexibility index (Phi) is 4.43. The minimum Gasteiger partial charge on any atom is -0.369 e. The maximum absolute atomic E-state index is 13.4. The molecule has 2 aromatic carbocycles. The van der Waals surface area contributed by atoms with E-state index >= 15 is 0 Å². The van der Waals surface area contributed by atoms with E-state index in [0.717, 1.165) is 16.8 Å². The van der Waals surface area contributed by atoms with E-state index in [1.807, 2.05) is 54.6 Å². The highest BCUT2D eigenvalue weighted by molar-refractivity contribution is 8.00. The van der Waals surface area contributed by atoms with Gasteiger partial charge in [0.2, 0.25) is 11.7 Å². The summed E-state index contributed by atoms with van der Waals surface area (Å²) < 4.78 is 3.41. The first-order valence-corrected chi connectivity index (χ1v) is 9.69. The second kappa shape index (κ2) is 6.79. The molecule has 0 aliphatic carbocycles. The van der Waals surface area contributed by atoms with Gasteiger partial charge in [-0.2, -0.15) is 0 Å². The van der Waals surface area contributed by atoms with Gasteiger partial charge in [-0.05, 0) is 44.0 Å². The SMILES string of the molecule is Cc1cccc(C)c1-n1c(=O)c2ccccc2n2c(SC(C)C(N)=O)nnc12. The lowest BCUT2D eigenvalue weighted by atomic mass is 10.1. The molecule has 1 unspecified atom stereocenters. The third kappa shape index (κ3) is 2.77. The molecule has 8 heteroatoms. The molecule has 7 nitrogen and oxygen atoms in total. The zero-order valence-electron chi connectivity index (χ0n) is 15.7. The van der Waals surface area contributed by atoms with Crippen LogP contribution in [-0.2, 0) is 4.79 Å². The molecular formula is C20H19N5O2S. The van der Waals surface area contributed by atoms with Crippen LogP contribution in [0, 0.1) is 13.8 Å². The molecular weight excluding hydrogens is 374 g/mol. The second-order valence-electron chi connectivity index (χ2n) is 6.68. The van der Waals surface area contributed by atoms with E-state index in [2.05, 4.69) is 10.2 Å². The number of fused-ring (bicyclic) bond motifs is 3. The number of carbonyl (C=O) groups excluding carboxylic acids is 1. The number of carbonyl (C=O) groups is 1. The first-order chi connectivity index (χ1) is 13.4. The van der Waals surface area contributed by atoms with Gasteiger partial charge in [-0.15, -0.1) is 10.2 Å². The van der Waals surface area contributed by atoms with Crippen LogP contribution in [0.1, 0.15) is 18.1 Å². The van der Waals surface area contributed by atoms with Crippen molar-refractivity contribution in [2.45, 2.75) is 31.2 Å². The molecule has 1 amide bonds. The molecule has 0 saturated heterocycles. The number of thioether (sulfide) groups is 1. The summed E-state index contributed by atoms with van der Waals surface area (Å²) in [4.78, 5) is 24.9. The van der Waals surface area contributed by atoms with E-state index in [1.165, 1.54) is 11.8 Å². The van der Waals surface area contributed by atoms with Gasteiger partial charge in [0, 0.05) is 0 Å². The summed E-state index contributed by atoms with van der Waals surface area (Å²) >= 11 is 1.22. The lowest BCUT2D eigenvalue weighted by Gasteiger charge is -2.15. The van der Waals surface area contributed by atoms with Crippen molar-refractivity contribution in [3.63, 3.8) is 0 Å². The van der Waals surface area contributed by atoms with Crippen LogP contribution in [0.15, 0.2) is 52.4 Å². The summed E-state index contributed by atoms with van der Waals surface area (Å²) in [6.07, 6.45) is 0. The Balaban J connectivity index is 2.14. The molecule has 0 bridgehead atoms. The fraction of sp³-hybridized carbons (Fsp3) is 0.200. The fourth-order valence-corrected chi connectivity index (χ4v) is 4.14. The highest BCUT2D eigenvalue weighted by Gasteiger charge is 2.22. The average molecular weight is 393 g/mol. The number of para-hydroxylation sites is 2. The number of nitrogens with two attached hydrogens (primary N) is 1. The van der Waals surface area contributed by atoms with Crippen LogP contribution in [0.5, 0.6) is 0 Å². The number of amides is 1. The summed E-state index contributed by atoms with van der Waals surface area (Å²) in [5, 5.41) is 9.15. The maximum atomic E-state index is 13.4. The first-order valence-electron chi connectivity index (χ1n) is 8.81. The van der Waals surface area contributed by atoms with Gasteiger partial charge in [-0.1, -0.05) is 42.1 Å². The number of hydrogen-bond acceptors (Lipinski definition) is 5. The third-order valence-electron chi connectivity index (χ3n) is 4.74. The molecule has 0 spiro atoms. The van der Waals surface area contributed by atoms with Gasteiger partial charge in [0.15, 0.2) is 5.16 Å². The summed E-state index contributed by atoms with van der Waals surface area (Å²) in [5.74, 6) is -0.0330. The molecule has 4 rings (SSSR count). The molecule has 0 fully saturated rings. The van der Waals surface area contributed by atoms with Crippen molar-refractivity contribution in [3.8, 4) is 5.69 Å². The van der Waals surface area contributed by atoms with Crippen molar-refractivity contribution in [1.29, 1.82) is 0 Å². The Morgan fingerprint density at radius 1 is 1.07 bits per heavy atom. The van der Waals surface area contributed by atoms with Crippen LogP contribution in [0.4, 0.5) is 0 Å². The number of nitrogens with zero attached hydrogens (tertiary/aromatic N) is 4. The van der Waals surface area contributed by atoms with E-state index in [1.54, 1.807) is 17.6 Å². The zero-order valence-corrected chi connectivity index (χ0v) is 16.5. The van der Waals surface area contributed by atoms with Gasteiger partial charge >= 0.3 is 0 Å². The van der Waals surface area contributed by atoms with Crippen LogP contribution >= 0.6 is 11.8 Å². The number of benzene rings is 2. The standard InChI is InChI=1S/C20H19N5O2S/c1-11-7-6-8-12(2)16(11)25-18(27)14-9-4-5-10-15(14)24-19(25)22-23-20(24)28-13(3)17(21)26/h4-10,13H,1-3H3,(H2,21,26). The minimum absolute atomic E-state index is 0.160. The molecule has 1 atom stereocenters. The summed E-state index contributed by atoms with van der Waals surface area (Å²) in [5.41, 5.74) is 8.66. The first kappa shape index (κ1) is 18.2. The van der Waals surface area contributed by atoms with E-state index in [9.17, 15) is 9.59 Å². The van der Waals surface area contributed by atoms with Crippen molar-refractivity contribution < 1.29 is 4.79 Å². The van der Waals surface area contributed by atoms with Gasteiger partial charge in [0.1, 0.15) is 0 Å². The zero-order chi connectivity index (χ0) is 20.0. The van der Waals surface area contributed by atoms with E-state index in [4.69, 9.17) is 5.73 Å². The molecule has 0 aliphatic rings. The number of primary amides is 1. The van der Waals surface area contributed by atoms with Gasteiger partial charge in [0.05, 0.1) is 21.8 Å². The topological polar surface area (TPSA) is 95.3 Å². The van der Waals surface area contributed by atoms with Gasteiger partial charge < -0.3 is 5.73 Å². The second-order valence-corrected chi connectivity index (χ2v) is 7.99. The molecule has 0 saturated carbocycles. The molecule has 0 aliphatic heterocycles. The Labute approximate surface area is 165 Å². The maximum Gasteiger partial charge on any atom is 0.267 e. The number of aryl methyl sites for hydroxylation is 2. The summed E-state index contributed by atoms with van der Waals surface area (Å²) in [6.45, 7) is 5.64. The quantitative estimate of drug-likeness (QED) is 0.538. The molecule has 28 heavy (non-hydrogen) atoms. The molecule has 2 heterocycles. The normalized spacial score (nSPS) is 12.5. The van der Waals surface area contributed by atoms with Crippen molar-refractivity contribution in [2.24, 2.45) is 5.73 Å². The van der Waals surface area contributed by atoms with Crippen LogP contribution in [0.3, 0.4) is 0 Å². The van der Waals surface area contributed by atoms with Crippen LogP contribution in [0.2, 0.25) is 0 Å². The molecule has 4 aromatic rings. The fourth-order valence-electron chi connectivity index (χ4n) is 3.33. The predicted octanol–water partition coefficient (Wildman–Crippen LogP) is 2.62. The Hall–Kier alpha value is -3.13.